The lowest BCUT2D eigenvalue weighted by atomic mass is 10.3. The van der Waals surface area contributed by atoms with Gasteiger partial charge in [-0.3, -0.25) is 4.79 Å². The van der Waals surface area contributed by atoms with Gasteiger partial charge in [0.1, 0.15) is 5.69 Å². The zero-order valence-corrected chi connectivity index (χ0v) is 9.77. The van der Waals surface area contributed by atoms with Gasteiger partial charge in [0, 0.05) is 20.8 Å². The number of aromatic nitrogens is 1. The molecule has 17 heavy (non-hydrogen) atoms. The topological polar surface area (TPSA) is 60.5 Å². The van der Waals surface area contributed by atoms with Gasteiger partial charge in [-0.2, -0.15) is 4.39 Å². The highest BCUT2D eigenvalue weighted by atomic mass is 19.1. The van der Waals surface area contributed by atoms with E-state index in [0.717, 1.165) is 0 Å². The van der Waals surface area contributed by atoms with Crippen molar-refractivity contribution in [3.05, 3.63) is 29.8 Å². The lowest BCUT2D eigenvalue weighted by Gasteiger charge is -2.14. The van der Waals surface area contributed by atoms with Gasteiger partial charge in [-0.25, -0.2) is 4.98 Å². The molecule has 0 aliphatic carbocycles. The monoisotopic (exact) mass is 242 g/mol. The Morgan fingerprint density at radius 2 is 2.29 bits per heavy atom. The third kappa shape index (κ3) is 4.46. The molecule has 1 heterocycles. The van der Waals surface area contributed by atoms with E-state index in [1.165, 1.54) is 25.3 Å². The zero-order chi connectivity index (χ0) is 12.7. The van der Waals surface area contributed by atoms with Gasteiger partial charge in [0.25, 0.3) is 5.91 Å². The maximum absolute atomic E-state index is 12.8. The number of nitrogens with one attached hydrogen (secondary N) is 1. The van der Waals surface area contributed by atoms with E-state index in [9.17, 15) is 9.18 Å². The van der Waals surface area contributed by atoms with Crippen LogP contribution in [0.1, 0.15) is 10.5 Å². The van der Waals surface area contributed by atoms with Gasteiger partial charge >= 0.3 is 0 Å². The summed E-state index contributed by atoms with van der Waals surface area (Å²) in [5.41, 5.74) is 0.0391. The molecule has 6 heteroatoms. The summed E-state index contributed by atoms with van der Waals surface area (Å²) in [5.74, 6) is -1.12. The number of nitrogens with zero attached hydrogens (tertiary/aromatic N) is 1. The summed E-state index contributed by atoms with van der Waals surface area (Å²) in [5, 5.41) is 2.59. The van der Waals surface area contributed by atoms with Crippen molar-refractivity contribution in [2.45, 2.75) is 6.10 Å². The summed E-state index contributed by atoms with van der Waals surface area (Å²) in [4.78, 5) is 15.1. The number of rotatable bonds is 6. The predicted octanol–water partition coefficient (Wildman–Crippen LogP) is 0.612. The average Bonchev–Trinajstić information content (AvgIpc) is 2.34. The quantitative estimate of drug-likeness (QED) is 0.742. The second-order valence-corrected chi connectivity index (χ2v) is 3.37. The smallest absolute Gasteiger partial charge is 0.270 e. The number of carbonyl (C=O) groups excluding carboxylic acids is 1. The predicted molar refractivity (Wildman–Crippen MR) is 59.2 cm³/mol. The number of hydrogen-bond donors (Lipinski definition) is 1. The maximum Gasteiger partial charge on any atom is 0.270 e. The molecule has 1 unspecified atom stereocenters. The van der Waals surface area contributed by atoms with E-state index in [0.29, 0.717) is 6.61 Å². The first-order valence-corrected chi connectivity index (χ1v) is 5.10. The van der Waals surface area contributed by atoms with Gasteiger partial charge < -0.3 is 14.8 Å². The van der Waals surface area contributed by atoms with Crippen molar-refractivity contribution in [3.63, 3.8) is 0 Å². The van der Waals surface area contributed by atoms with Crippen LogP contribution in [-0.4, -0.2) is 44.4 Å². The van der Waals surface area contributed by atoms with Gasteiger partial charge in [0.15, 0.2) is 0 Å². The number of halogens is 1. The standard InChI is InChI=1S/C11H15FN2O3/c1-16-7-8(17-2)6-13-11(15)9-4-3-5-10(12)14-9/h3-5,8H,6-7H2,1-2H3,(H,13,15). The van der Waals surface area contributed by atoms with Crippen molar-refractivity contribution >= 4 is 5.91 Å². The molecule has 5 nitrogen and oxygen atoms in total. The fourth-order valence-corrected chi connectivity index (χ4v) is 1.23. The minimum Gasteiger partial charge on any atom is -0.382 e. The summed E-state index contributed by atoms with van der Waals surface area (Å²) in [6.45, 7) is 0.648. The van der Waals surface area contributed by atoms with Crippen LogP contribution >= 0.6 is 0 Å². The normalized spacial score (nSPS) is 12.2. The molecular formula is C11H15FN2O3. The Hall–Kier alpha value is -1.53. The van der Waals surface area contributed by atoms with Crippen LogP contribution in [0.25, 0.3) is 0 Å². The number of ether oxygens (including phenoxy) is 2. The fraction of sp³-hybridized carbons (Fsp3) is 0.455. The minimum atomic E-state index is -0.683. The lowest BCUT2D eigenvalue weighted by molar-refractivity contribution is 0.0285. The number of carbonyl (C=O) groups is 1. The highest BCUT2D eigenvalue weighted by Crippen LogP contribution is 1.98. The van der Waals surface area contributed by atoms with Crippen LogP contribution in [-0.2, 0) is 9.47 Å². The molecule has 0 aliphatic rings. The molecule has 1 N–H and O–H groups in total. The molecule has 0 bridgehead atoms. The van der Waals surface area contributed by atoms with Gasteiger partial charge in [-0.1, -0.05) is 6.07 Å². The lowest BCUT2D eigenvalue weighted by Crippen LogP contribution is -2.36. The number of amides is 1. The van der Waals surface area contributed by atoms with Gasteiger partial charge in [0.2, 0.25) is 5.95 Å². The molecule has 0 radical (unpaired) electrons. The Kier molecular flexibility index (Phi) is 5.51. The molecule has 1 rings (SSSR count). The second-order valence-electron chi connectivity index (χ2n) is 3.37. The highest BCUT2D eigenvalue weighted by Gasteiger charge is 2.11. The van der Waals surface area contributed by atoms with Crippen molar-refractivity contribution < 1.29 is 18.7 Å². The third-order valence-corrected chi connectivity index (χ3v) is 2.12. The Labute approximate surface area is 98.9 Å². The fourth-order valence-electron chi connectivity index (χ4n) is 1.23. The number of methoxy groups -OCH3 is 2. The summed E-state index contributed by atoms with van der Waals surface area (Å²) < 4.78 is 22.7. The molecule has 0 saturated carbocycles. The number of pyridine rings is 1. The van der Waals surface area contributed by atoms with E-state index in [2.05, 4.69) is 10.3 Å². The van der Waals surface area contributed by atoms with E-state index >= 15 is 0 Å². The Morgan fingerprint density at radius 1 is 1.53 bits per heavy atom. The van der Waals surface area contributed by atoms with E-state index < -0.39 is 11.9 Å². The van der Waals surface area contributed by atoms with Crippen molar-refractivity contribution in [2.24, 2.45) is 0 Å². The SMILES string of the molecule is COCC(CNC(=O)c1cccc(F)n1)OC. The van der Waals surface area contributed by atoms with Crippen LogP contribution < -0.4 is 5.32 Å². The molecule has 94 valence electrons. The molecule has 0 spiro atoms. The number of hydrogen-bond acceptors (Lipinski definition) is 4. The summed E-state index contributed by atoms with van der Waals surface area (Å²) in [6.07, 6.45) is -0.238. The van der Waals surface area contributed by atoms with Gasteiger partial charge in [-0.05, 0) is 12.1 Å². The Balaban J connectivity index is 2.49. The van der Waals surface area contributed by atoms with Crippen LogP contribution in [0.3, 0.4) is 0 Å². The first-order valence-electron chi connectivity index (χ1n) is 5.10. The highest BCUT2D eigenvalue weighted by molar-refractivity contribution is 5.92. The first kappa shape index (κ1) is 13.5. The third-order valence-electron chi connectivity index (χ3n) is 2.12. The van der Waals surface area contributed by atoms with Crippen molar-refractivity contribution in [2.75, 3.05) is 27.4 Å². The molecule has 0 saturated heterocycles. The molecule has 1 aromatic rings. The second kappa shape index (κ2) is 6.93. The molecule has 1 amide bonds. The van der Waals surface area contributed by atoms with Crippen LogP contribution in [0.15, 0.2) is 18.2 Å². The minimum absolute atomic E-state index is 0.0391. The molecule has 0 aromatic carbocycles. The van der Waals surface area contributed by atoms with Crippen molar-refractivity contribution in [1.82, 2.24) is 10.3 Å². The van der Waals surface area contributed by atoms with E-state index in [1.807, 2.05) is 0 Å². The Morgan fingerprint density at radius 3 is 2.88 bits per heavy atom. The average molecular weight is 242 g/mol. The van der Waals surface area contributed by atoms with Crippen LogP contribution in [0.4, 0.5) is 4.39 Å². The first-order chi connectivity index (χ1) is 8.17. The summed E-state index contributed by atoms with van der Waals surface area (Å²) in [6, 6.07) is 4.05. The largest absolute Gasteiger partial charge is 0.382 e. The van der Waals surface area contributed by atoms with Crippen LogP contribution in [0.2, 0.25) is 0 Å². The van der Waals surface area contributed by atoms with Crippen LogP contribution in [0, 0.1) is 5.95 Å². The van der Waals surface area contributed by atoms with E-state index in [1.54, 1.807) is 7.11 Å². The van der Waals surface area contributed by atoms with Crippen molar-refractivity contribution in [3.8, 4) is 0 Å². The van der Waals surface area contributed by atoms with Gasteiger partial charge in [0.05, 0.1) is 12.7 Å². The molecule has 0 fully saturated rings. The molecular weight excluding hydrogens is 227 g/mol. The summed E-state index contributed by atoms with van der Waals surface area (Å²) >= 11 is 0. The van der Waals surface area contributed by atoms with E-state index in [4.69, 9.17) is 9.47 Å². The molecule has 1 atom stereocenters. The molecule has 0 aliphatic heterocycles. The van der Waals surface area contributed by atoms with Crippen molar-refractivity contribution in [1.29, 1.82) is 0 Å². The summed E-state index contributed by atoms with van der Waals surface area (Å²) in [7, 11) is 3.07. The Bertz CT molecular complexity index is 373. The zero-order valence-electron chi connectivity index (χ0n) is 9.77. The van der Waals surface area contributed by atoms with Gasteiger partial charge in [-0.15, -0.1) is 0 Å². The maximum atomic E-state index is 12.8. The van der Waals surface area contributed by atoms with Crippen LogP contribution in [0.5, 0.6) is 0 Å². The molecule has 1 aromatic heterocycles. The van der Waals surface area contributed by atoms with E-state index in [-0.39, 0.29) is 18.3 Å².